The third kappa shape index (κ3) is 4.37. The molecular weight excluding hydrogens is 120 g/mol. The van der Waals surface area contributed by atoms with E-state index in [-0.39, 0.29) is 0 Å². The van der Waals surface area contributed by atoms with E-state index in [0.717, 1.165) is 5.92 Å². The first-order valence-corrected chi connectivity index (χ1v) is 4.14. The summed E-state index contributed by atoms with van der Waals surface area (Å²) in [7, 11) is 0. The molecule has 0 aromatic heterocycles. The normalized spacial score (nSPS) is 12.4. The second-order valence-electron chi connectivity index (χ2n) is 2.49. The van der Waals surface area contributed by atoms with Gasteiger partial charge in [-0.25, -0.2) is 0 Å². The van der Waals surface area contributed by atoms with Crippen LogP contribution in [0.25, 0.3) is 0 Å². The first-order chi connectivity index (χ1) is 4.85. The molecule has 0 saturated heterocycles. The van der Waals surface area contributed by atoms with Crippen LogP contribution in [0.5, 0.6) is 0 Å². The smallest absolute Gasteiger partial charge is 0.0236 e. The predicted molar refractivity (Wildman–Crippen MR) is 48.0 cm³/mol. The van der Waals surface area contributed by atoms with Gasteiger partial charge in [-0.15, -0.1) is 0 Å². The largest absolute Gasteiger partial charge is 0.0877 e. The van der Waals surface area contributed by atoms with Crippen molar-refractivity contribution >= 4 is 0 Å². The van der Waals surface area contributed by atoms with Gasteiger partial charge >= 0.3 is 0 Å². The molecule has 10 heavy (non-hydrogen) atoms. The van der Waals surface area contributed by atoms with Gasteiger partial charge in [-0.3, -0.25) is 0 Å². The third-order valence-corrected chi connectivity index (χ3v) is 1.74. The Balaban J connectivity index is 3.60. The van der Waals surface area contributed by atoms with Crippen LogP contribution < -0.4 is 0 Å². The van der Waals surface area contributed by atoms with Gasteiger partial charge in [0.15, 0.2) is 0 Å². The summed E-state index contributed by atoms with van der Waals surface area (Å²) in [5, 5.41) is 0. The Morgan fingerprint density at radius 3 is 2.10 bits per heavy atom. The van der Waals surface area contributed by atoms with Crippen LogP contribution in [0.4, 0.5) is 0 Å². The molecular formula is C10H18. The average Bonchev–Trinajstić information content (AvgIpc) is 1.99. The Morgan fingerprint density at radius 1 is 1.10 bits per heavy atom. The van der Waals surface area contributed by atoms with E-state index in [2.05, 4.69) is 38.2 Å². The highest BCUT2D eigenvalue weighted by atomic mass is 14.0. The Hall–Kier alpha value is -0.520. The quantitative estimate of drug-likeness (QED) is 0.521. The Morgan fingerprint density at radius 2 is 1.70 bits per heavy atom. The maximum atomic E-state index is 2.28. The van der Waals surface area contributed by atoms with E-state index in [4.69, 9.17) is 0 Å². The van der Waals surface area contributed by atoms with Gasteiger partial charge in [0.05, 0.1) is 0 Å². The molecule has 0 amide bonds. The van der Waals surface area contributed by atoms with E-state index in [1.54, 1.807) is 0 Å². The van der Waals surface area contributed by atoms with Gasteiger partial charge in [-0.2, -0.15) is 0 Å². The second-order valence-corrected chi connectivity index (χ2v) is 2.49. The molecule has 0 heterocycles. The van der Waals surface area contributed by atoms with E-state index >= 15 is 0 Å². The molecule has 0 rings (SSSR count). The van der Waals surface area contributed by atoms with Gasteiger partial charge in [-0.1, -0.05) is 38.2 Å². The molecule has 0 N–H and O–H groups in total. The van der Waals surface area contributed by atoms with Crippen molar-refractivity contribution in [3.63, 3.8) is 0 Å². The number of allylic oxidation sites excluding steroid dienone is 4. The van der Waals surface area contributed by atoms with Crippen molar-refractivity contribution in [2.75, 3.05) is 0 Å². The first-order valence-electron chi connectivity index (χ1n) is 4.14. The van der Waals surface area contributed by atoms with Gasteiger partial charge in [0.25, 0.3) is 0 Å². The van der Waals surface area contributed by atoms with E-state index in [9.17, 15) is 0 Å². The van der Waals surface area contributed by atoms with Gasteiger partial charge in [-0.05, 0) is 25.7 Å². The lowest BCUT2D eigenvalue weighted by molar-refractivity contribution is 0.606. The fourth-order valence-electron chi connectivity index (χ4n) is 0.893. The minimum atomic E-state index is 0.774. The van der Waals surface area contributed by atoms with Crippen molar-refractivity contribution in [3.8, 4) is 0 Å². The van der Waals surface area contributed by atoms with Crippen LogP contribution in [0.3, 0.4) is 0 Å². The van der Waals surface area contributed by atoms with E-state index in [1.165, 1.54) is 12.8 Å². The maximum absolute atomic E-state index is 2.28. The molecule has 0 unspecified atom stereocenters. The summed E-state index contributed by atoms with van der Waals surface area (Å²) in [6, 6.07) is 0. The van der Waals surface area contributed by atoms with Crippen molar-refractivity contribution in [2.45, 2.75) is 33.6 Å². The Bertz CT molecular complexity index is 105. The molecule has 0 aromatic carbocycles. The summed E-state index contributed by atoms with van der Waals surface area (Å²) >= 11 is 0. The molecule has 0 heteroatoms. The summed E-state index contributed by atoms with van der Waals surface area (Å²) in [5.74, 6) is 0.774. The van der Waals surface area contributed by atoms with Crippen LogP contribution in [0, 0.1) is 5.92 Å². The zero-order valence-electron chi connectivity index (χ0n) is 7.30. The summed E-state index contributed by atoms with van der Waals surface area (Å²) in [6.07, 6.45) is 11.1. The topological polar surface area (TPSA) is 0 Å². The SMILES string of the molecule is C/C=C/C=C\C(CC)CC. The average molecular weight is 138 g/mol. The molecule has 0 bridgehead atoms. The molecule has 0 aliphatic carbocycles. The molecule has 58 valence electrons. The zero-order chi connectivity index (χ0) is 7.82. The van der Waals surface area contributed by atoms with E-state index in [1.807, 2.05) is 6.92 Å². The van der Waals surface area contributed by atoms with Crippen molar-refractivity contribution in [2.24, 2.45) is 5.92 Å². The van der Waals surface area contributed by atoms with Gasteiger partial charge in [0.1, 0.15) is 0 Å². The molecule has 0 fully saturated rings. The van der Waals surface area contributed by atoms with Crippen molar-refractivity contribution in [3.05, 3.63) is 24.3 Å². The van der Waals surface area contributed by atoms with Gasteiger partial charge in [0, 0.05) is 0 Å². The van der Waals surface area contributed by atoms with Crippen LogP contribution in [0.15, 0.2) is 24.3 Å². The van der Waals surface area contributed by atoms with E-state index in [0.29, 0.717) is 0 Å². The minimum absolute atomic E-state index is 0.774. The highest BCUT2D eigenvalue weighted by Gasteiger charge is 1.94. The number of hydrogen-bond donors (Lipinski definition) is 0. The molecule has 0 atom stereocenters. The van der Waals surface area contributed by atoms with Crippen molar-refractivity contribution in [1.29, 1.82) is 0 Å². The van der Waals surface area contributed by atoms with Gasteiger partial charge in [0.2, 0.25) is 0 Å². The molecule has 0 nitrogen and oxygen atoms in total. The Labute approximate surface area is 64.6 Å². The summed E-state index contributed by atoms with van der Waals surface area (Å²) in [4.78, 5) is 0. The molecule has 0 spiro atoms. The summed E-state index contributed by atoms with van der Waals surface area (Å²) in [6.45, 7) is 6.50. The molecule has 0 aliphatic heterocycles. The molecule has 0 aliphatic rings. The van der Waals surface area contributed by atoms with Crippen LogP contribution in [-0.4, -0.2) is 0 Å². The first kappa shape index (κ1) is 9.48. The number of rotatable bonds is 4. The molecule has 0 aromatic rings. The highest BCUT2D eigenvalue weighted by molar-refractivity contribution is 5.02. The third-order valence-electron chi connectivity index (χ3n) is 1.74. The predicted octanol–water partition coefficient (Wildman–Crippen LogP) is 3.55. The fourth-order valence-corrected chi connectivity index (χ4v) is 0.893. The second kappa shape index (κ2) is 6.60. The monoisotopic (exact) mass is 138 g/mol. The maximum Gasteiger partial charge on any atom is -0.0236 e. The lowest BCUT2D eigenvalue weighted by atomic mass is 10.0. The lowest BCUT2D eigenvalue weighted by Crippen LogP contribution is -1.89. The van der Waals surface area contributed by atoms with E-state index < -0.39 is 0 Å². The Kier molecular flexibility index (Phi) is 6.25. The van der Waals surface area contributed by atoms with Crippen molar-refractivity contribution < 1.29 is 0 Å². The molecule has 0 saturated carbocycles. The fraction of sp³-hybridized carbons (Fsp3) is 0.600. The highest BCUT2D eigenvalue weighted by Crippen LogP contribution is 2.08. The summed E-state index contributed by atoms with van der Waals surface area (Å²) in [5.41, 5.74) is 0. The van der Waals surface area contributed by atoms with Crippen LogP contribution in [0.1, 0.15) is 33.6 Å². The molecule has 0 radical (unpaired) electrons. The summed E-state index contributed by atoms with van der Waals surface area (Å²) < 4.78 is 0. The number of hydrogen-bond acceptors (Lipinski definition) is 0. The lowest BCUT2D eigenvalue weighted by Gasteiger charge is -2.02. The zero-order valence-corrected chi connectivity index (χ0v) is 7.30. The minimum Gasteiger partial charge on any atom is -0.0877 e. The van der Waals surface area contributed by atoms with Crippen LogP contribution in [0.2, 0.25) is 0 Å². The van der Waals surface area contributed by atoms with Crippen LogP contribution >= 0.6 is 0 Å². The standard InChI is InChI=1S/C10H18/c1-4-7-8-9-10(5-2)6-3/h4,7-10H,5-6H2,1-3H3/b7-4+,9-8-. The van der Waals surface area contributed by atoms with Gasteiger partial charge < -0.3 is 0 Å². The van der Waals surface area contributed by atoms with Crippen molar-refractivity contribution in [1.82, 2.24) is 0 Å². The van der Waals surface area contributed by atoms with Crippen LogP contribution in [-0.2, 0) is 0 Å².